The summed E-state index contributed by atoms with van der Waals surface area (Å²) in [5, 5.41) is 8.78. The smallest absolute Gasteiger partial charge is 0.165 e. The molecule has 3 aromatic rings. The largest absolute Gasteiger partial charge is 0.382 e. The summed E-state index contributed by atoms with van der Waals surface area (Å²) in [6.45, 7) is 5.00. The van der Waals surface area contributed by atoms with Gasteiger partial charge in [-0.3, -0.25) is 4.68 Å². The number of rotatable bonds is 3. The monoisotopic (exact) mass is 256 g/mol. The van der Waals surface area contributed by atoms with Crippen LogP contribution in [0.5, 0.6) is 0 Å². The number of anilines is 1. The van der Waals surface area contributed by atoms with Gasteiger partial charge in [0, 0.05) is 30.7 Å². The van der Waals surface area contributed by atoms with Crippen LogP contribution in [0.3, 0.4) is 0 Å². The van der Waals surface area contributed by atoms with Crippen molar-refractivity contribution in [3.05, 3.63) is 30.4 Å². The van der Waals surface area contributed by atoms with Crippen LogP contribution in [0.1, 0.15) is 19.0 Å². The zero-order valence-corrected chi connectivity index (χ0v) is 11.0. The van der Waals surface area contributed by atoms with Gasteiger partial charge in [-0.05, 0) is 19.4 Å². The molecule has 3 aromatic heterocycles. The Bertz CT molecular complexity index is 724. The highest BCUT2D eigenvalue weighted by Gasteiger charge is 2.17. The molecule has 0 radical (unpaired) electrons. The zero-order valence-electron chi connectivity index (χ0n) is 11.0. The van der Waals surface area contributed by atoms with Gasteiger partial charge < -0.3 is 5.73 Å². The molecule has 0 aromatic carbocycles. The average Bonchev–Trinajstić information content (AvgIpc) is 2.89. The third kappa shape index (κ3) is 1.85. The molecule has 3 rings (SSSR count). The SMILES string of the molecule is CCCn1cc(-c2c(N)nn3cccnc23)c(C)n1. The first-order valence-electron chi connectivity index (χ1n) is 6.34. The van der Waals surface area contributed by atoms with Crippen LogP contribution in [0.15, 0.2) is 24.7 Å². The molecule has 6 nitrogen and oxygen atoms in total. The van der Waals surface area contributed by atoms with E-state index >= 15 is 0 Å². The number of hydrogen-bond donors (Lipinski definition) is 1. The van der Waals surface area contributed by atoms with Crippen LogP contribution in [0, 0.1) is 6.92 Å². The Kier molecular flexibility index (Phi) is 2.70. The molecular weight excluding hydrogens is 240 g/mol. The Balaban J connectivity index is 2.21. The minimum absolute atomic E-state index is 0.484. The highest BCUT2D eigenvalue weighted by molar-refractivity contribution is 5.86. The number of nitrogens with two attached hydrogens (primary N) is 1. The Morgan fingerprint density at radius 2 is 2.16 bits per heavy atom. The van der Waals surface area contributed by atoms with Gasteiger partial charge in [-0.1, -0.05) is 6.92 Å². The van der Waals surface area contributed by atoms with Gasteiger partial charge in [0.2, 0.25) is 0 Å². The van der Waals surface area contributed by atoms with E-state index < -0.39 is 0 Å². The normalized spacial score (nSPS) is 11.3. The zero-order chi connectivity index (χ0) is 13.4. The van der Waals surface area contributed by atoms with Gasteiger partial charge in [-0.15, -0.1) is 5.10 Å². The van der Waals surface area contributed by atoms with Crippen molar-refractivity contribution >= 4 is 11.5 Å². The highest BCUT2D eigenvalue weighted by atomic mass is 15.3. The fraction of sp³-hybridized carbons (Fsp3) is 0.308. The summed E-state index contributed by atoms with van der Waals surface area (Å²) in [6, 6.07) is 1.83. The van der Waals surface area contributed by atoms with Gasteiger partial charge >= 0.3 is 0 Å². The second kappa shape index (κ2) is 4.38. The first-order valence-corrected chi connectivity index (χ1v) is 6.34. The second-order valence-electron chi connectivity index (χ2n) is 4.54. The van der Waals surface area contributed by atoms with Gasteiger partial charge in [0.05, 0.1) is 11.3 Å². The summed E-state index contributed by atoms with van der Waals surface area (Å²) in [5.41, 5.74) is 9.60. The summed E-state index contributed by atoms with van der Waals surface area (Å²) >= 11 is 0. The molecule has 0 amide bonds. The molecule has 0 aliphatic heterocycles. The van der Waals surface area contributed by atoms with Crippen LogP contribution in [0.4, 0.5) is 5.82 Å². The summed E-state index contributed by atoms with van der Waals surface area (Å²) in [6.07, 6.45) is 6.64. The topological polar surface area (TPSA) is 74.0 Å². The minimum Gasteiger partial charge on any atom is -0.382 e. The lowest BCUT2D eigenvalue weighted by molar-refractivity contribution is 0.598. The molecule has 0 fully saturated rings. The van der Waals surface area contributed by atoms with Crippen LogP contribution in [-0.2, 0) is 6.54 Å². The average molecular weight is 256 g/mol. The first kappa shape index (κ1) is 11.7. The fourth-order valence-electron chi connectivity index (χ4n) is 2.27. The molecule has 0 atom stereocenters. The standard InChI is InChI=1S/C13H16N6/c1-3-6-18-8-10(9(2)16-18)11-12(14)17-19-7-4-5-15-13(11)19/h4-5,7-8H,3,6H2,1-2H3,(H2,14,17). The maximum Gasteiger partial charge on any atom is 0.165 e. The summed E-state index contributed by atoms with van der Waals surface area (Å²) in [7, 11) is 0. The van der Waals surface area contributed by atoms with Crippen molar-refractivity contribution in [2.24, 2.45) is 0 Å². The van der Waals surface area contributed by atoms with E-state index in [1.54, 1.807) is 10.7 Å². The number of nitrogen functional groups attached to an aromatic ring is 1. The number of fused-ring (bicyclic) bond motifs is 1. The second-order valence-corrected chi connectivity index (χ2v) is 4.54. The van der Waals surface area contributed by atoms with E-state index in [2.05, 4.69) is 22.1 Å². The molecule has 0 unspecified atom stereocenters. The first-order chi connectivity index (χ1) is 9.20. The van der Waals surface area contributed by atoms with Crippen LogP contribution < -0.4 is 5.73 Å². The van der Waals surface area contributed by atoms with E-state index in [1.165, 1.54) is 0 Å². The van der Waals surface area contributed by atoms with Gasteiger partial charge in [0.25, 0.3) is 0 Å². The van der Waals surface area contributed by atoms with Crippen molar-refractivity contribution in [2.75, 3.05) is 5.73 Å². The summed E-state index contributed by atoms with van der Waals surface area (Å²) in [4.78, 5) is 4.36. The Morgan fingerprint density at radius 3 is 2.95 bits per heavy atom. The summed E-state index contributed by atoms with van der Waals surface area (Å²) < 4.78 is 3.64. The highest BCUT2D eigenvalue weighted by Crippen LogP contribution is 2.30. The Morgan fingerprint density at radius 1 is 1.32 bits per heavy atom. The lowest BCUT2D eigenvalue weighted by atomic mass is 10.1. The predicted octanol–water partition coefficient (Wildman–Crippen LogP) is 1.89. The van der Waals surface area contributed by atoms with E-state index in [4.69, 9.17) is 5.73 Å². The van der Waals surface area contributed by atoms with Crippen molar-refractivity contribution in [3.63, 3.8) is 0 Å². The molecule has 0 aliphatic carbocycles. The molecule has 0 bridgehead atoms. The fourth-order valence-corrected chi connectivity index (χ4v) is 2.27. The third-order valence-electron chi connectivity index (χ3n) is 3.09. The van der Waals surface area contributed by atoms with Crippen LogP contribution >= 0.6 is 0 Å². The molecular formula is C13H16N6. The number of hydrogen-bond acceptors (Lipinski definition) is 4. The van der Waals surface area contributed by atoms with Crippen molar-refractivity contribution < 1.29 is 0 Å². The molecule has 2 N–H and O–H groups in total. The van der Waals surface area contributed by atoms with Crippen molar-refractivity contribution in [3.8, 4) is 11.1 Å². The van der Waals surface area contributed by atoms with E-state index in [0.717, 1.165) is 35.4 Å². The molecule has 0 saturated heterocycles. The molecule has 19 heavy (non-hydrogen) atoms. The van der Waals surface area contributed by atoms with Gasteiger partial charge in [-0.2, -0.15) is 5.10 Å². The van der Waals surface area contributed by atoms with Gasteiger partial charge in [0.15, 0.2) is 11.5 Å². The molecule has 0 saturated carbocycles. The molecule has 98 valence electrons. The van der Waals surface area contributed by atoms with Crippen molar-refractivity contribution in [2.45, 2.75) is 26.8 Å². The third-order valence-corrected chi connectivity index (χ3v) is 3.09. The minimum atomic E-state index is 0.484. The van der Waals surface area contributed by atoms with E-state index in [9.17, 15) is 0 Å². The maximum absolute atomic E-state index is 6.03. The number of aromatic nitrogens is 5. The van der Waals surface area contributed by atoms with Gasteiger partial charge in [-0.25, -0.2) is 9.50 Å². The summed E-state index contributed by atoms with van der Waals surface area (Å²) in [5.74, 6) is 0.484. The van der Waals surface area contributed by atoms with Crippen LogP contribution in [-0.4, -0.2) is 24.4 Å². The maximum atomic E-state index is 6.03. The lowest BCUT2D eigenvalue weighted by Crippen LogP contribution is -1.96. The van der Waals surface area contributed by atoms with E-state index in [-0.39, 0.29) is 0 Å². The predicted molar refractivity (Wildman–Crippen MR) is 73.6 cm³/mol. The Labute approximate surface area is 110 Å². The Hall–Kier alpha value is -2.37. The molecule has 3 heterocycles. The molecule has 0 aliphatic rings. The van der Waals surface area contributed by atoms with E-state index in [0.29, 0.717) is 5.82 Å². The van der Waals surface area contributed by atoms with Crippen molar-refractivity contribution in [1.82, 2.24) is 24.4 Å². The van der Waals surface area contributed by atoms with E-state index in [1.807, 2.05) is 30.1 Å². The lowest BCUT2D eigenvalue weighted by Gasteiger charge is -1.97. The number of aryl methyl sites for hydroxylation is 2. The molecule has 6 heteroatoms. The molecule has 0 spiro atoms. The quantitative estimate of drug-likeness (QED) is 0.776. The van der Waals surface area contributed by atoms with Crippen molar-refractivity contribution in [1.29, 1.82) is 0 Å². The van der Waals surface area contributed by atoms with Crippen LogP contribution in [0.25, 0.3) is 16.8 Å². The van der Waals surface area contributed by atoms with Crippen LogP contribution in [0.2, 0.25) is 0 Å². The number of nitrogens with zero attached hydrogens (tertiary/aromatic N) is 5. The van der Waals surface area contributed by atoms with Gasteiger partial charge in [0.1, 0.15) is 0 Å².